The maximum absolute atomic E-state index is 11.8. The van der Waals surface area contributed by atoms with Crippen molar-refractivity contribution < 1.29 is 19.8 Å². The highest BCUT2D eigenvalue weighted by molar-refractivity contribution is 5.78. The van der Waals surface area contributed by atoms with E-state index in [0.717, 1.165) is 19.3 Å². The minimum absolute atomic E-state index is 0.0352. The highest BCUT2D eigenvalue weighted by atomic mass is 16.4. The molecule has 0 bridgehead atoms. The Labute approximate surface area is 101 Å². The number of amides is 1. The van der Waals surface area contributed by atoms with Gasteiger partial charge in [0.05, 0.1) is 18.6 Å². The van der Waals surface area contributed by atoms with Crippen LogP contribution in [-0.4, -0.2) is 34.2 Å². The Bertz CT molecular complexity index is 302. The van der Waals surface area contributed by atoms with E-state index in [4.69, 9.17) is 5.11 Å². The van der Waals surface area contributed by atoms with E-state index in [1.165, 1.54) is 0 Å². The van der Waals surface area contributed by atoms with Gasteiger partial charge in [0.15, 0.2) is 0 Å². The van der Waals surface area contributed by atoms with Crippen LogP contribution in [-0.2, 0) is 9.59 Å². The van der Waals surface area contributed by atoms with E-state index in [-0.39, 0.29) is 25.4 Å². The summed E-state index contributed by atoms with van der Waals surface area (Å²) in [5, 5.41) is 20.8. The fourth-order valence-electron chi connectivity index (χ4n) is 2.17. The lowest BCUT2D eigenvalue weighted by atomic mass is 9.76. The molecule has 0 aliphatic heterocycles. The number of rotatable bonds is 6. The maximum Gasteiger partial charge on any atom is 0.303 e. The largest absolute Gasteiger partial charge is 0.481 e. The second-order valence-corrected chi connectivity index (χ2v) is 5.75. The Morgan fingerprint density at radius 2 is 1.88 bits per heavy atom. The number of hydrogen-bond acceptors (Lipinski definition) is 3. The molecule has 0 atom stereocenters. The molecule has 5 nitrogen and oxygen atoms in total. The third-order valence-corrected chi connectivity index (χ3v) is 3.29. The summed E-state index contributed by atoms with van der Waals surface area (Å²) < 4.78 is 0. The fourth-order valence-corrected chi connectivity index (χ4v) is 2.17. The predicted molar refractivity (Wildman–Crippen MR) is 62.5 cm³/mol. The maximum atomic E-state index is 11.8. The third kappa shape index (κ3) is 4.00. The summed E-state index contributed by atoms with van der Waals surface area (Å²) in [5.74, 6) is -1.08. The second kappa shape index (κ2) is 5.04. The van der Waals surface area contributed by atoms with Crippen molar-refractivity contribution in [2.24, 2.45) is 5.41 Å². The molecule has 1 saturated carbocycles. The van der Waals surface area contributed by atoms with Crippen molar-refractivity contribution in [1.82, 2.24) is 5.32 Å². The van der Waals surface area contributed by atoms with Crippen LogP contribution in [0.5, 0.6) is 0 Å². The van der Waals surface area contributed by atoms with Gasteiger partial charge in [-0.1, -0.05) is 13.8 Å². The first-order chi connectivity index (χ1) is 7.79. The molecular weight excluding hydrogens is 222 g/mol. The molecule has 98 valence electrons. The summed E-state index contributed by atoms with van der Waals surface area (Å²) in [6.07, 6.45) is 2.75. The van der Waals surface area contributed by atoms with Crippen LogP contribution >= 0.6 is 0 Å². The molecule has 0 aromatic carbocycles. The summed E-state index contributed by atoms with van der Waals surface area (Å²) in [5.41, 5.74) is -1.01. The van der Waals surface area contributed by atoms with E-state index in [1.807, 2.05) is 0 Å². The zero-order chi connectivity index (χ0) is 13.1. The molecule has 0 radical (unpaired) electrons. The molecule has 0 unspecified atom stereocenters. The molecule has 1 fully saturated rings. The SMILES string of the molecule is CC(C)(CC(=O)O)CC(=O)NC1(CO)CCC1. The molecule has 0 saturated heterocycles. The lowest BCUT2D eigenvalue weighted by Crippen LogP contribution is -2.56. The first-order valence-electron chi connectivity index (χ1n) is 5.92. The Morgan fingerprint density at radius 1 is 1.29 bits per heavy atom. The Balaban J connectivity index is 2.46. The number of aliphatic hydroxyl groups is 1. The van der Waals surface area contributed by atoms with Gasteiger partial charge >= 0.3 is 5.97 Å². The van der Waals surface area contributed by atoms with Crippen molar-refractivity contribution in [1.29, 1.82) is 0 Å². The average Bonchev–Trinajstić information content (AvgIpc) is 2.07. The number of aliphatic carboxylic acids is 1. The fraction of sp³-hybridized carbons (Fsp3) is 0.833. The second-order valence-electron chi connectivity index (χ2n) is 5.75. The molecule has 0 aromatic heterocycles. The number of carboxylic acid groups (broad SMARTS) is 1. The van der Waals surface area contributed by atoms with E-state index in [0.29, 0.717) is 0 Å². The summed E-state index contributed by atoms with van der Waals surface area (Å²) in [7, 11) is 0. The van der Waals surface area contributed by atoms with Crippen LogP contribution in [0.25, 0.3) is 0 Å². The summed E-state index contributed by atoms with van der Waals surface area (Å²) in [4.78, 5) is 22.4. The van der Waals surface area contributed by atoms with E-state index in [2.05, 4.69) is 5.32 Å². The van der Waals surface area contributed by atoms with Gasteiger partial charge in [0, 0.05) is 6.42 Å². The molecule has 0 aromatic rings. The van der Waals surface area contributed by atoms with Crippen LogP contribution in [0.15, 0.2) is 0 Å². The normalized spacial score (nSPS) is 18.3. The third-order valence-electron chi connectivity index (χ3n) is 3.29. The summed E-state index contributed by atoms with van der Waals surface area (Å²) in [6.45, 7) is 3.47. The van der Waals surface area contributed by atoms with Gasteiger partial charge in [0.2, 0.25) is 5.91 Å². The number of aliphatic hydroxyl groups excluding tert-OH is 1. The van der Waals surface area contributed by atoms with Gasteiger partial charge in [0.1, 0.15) is 0 Å². The molecule has 1 aliphatic rings. The van der Waals surface area contributed by atoms with E-state index in [9.17, 15) is 14.7 Å². The quantitative estimate of drug-likeness (QED) is 0.647. The minimum atomic E-state index is -0.900. The van der Waals surface area contributed by atoms with Crippen LogP contribution in [0.2, 0.25) is 0 Å². The summed E-state index contributed by atoms with van der Waals surface area (Å²) >= 11 is 0. The molecule has 1 amide bonds. The molecule has 1 rings (SSSR count). The number of carbonyl (C=O) groups excluding carboxylic acids is 1. The van der Waals surface area contributed by atoms with E-state index < -0.39 is 16.9 Å². The van der Waals surface area contributed by atoms with Crippen LogP contribution in [0.3, 0.4) is 0 Å². The molecule has 1 aliphatic carbocycles. The number of hydrogen-bond donors (Lipinski definition) is 3. The smallest absolute Gasteiger partial charge is 0.303 e. The van der Waals surface area contributed by atoms with Crippen molar-refractivity contribution in [3.63, 3.8) is 0 Å². The lowest BCUT2D eigenvalue weighted by molar-refractivity contribution is -0.139. The number of carbonyl (C=O) groups is 2. The van der Waals surface area contributed by atoms with Crippen LogP contribution < -0.4 is 5.32 Å². The Morgan fingerprint density at radius 3 is 2.24 bits per heavy atom. The van der Waals surface area contributed by atoms with Crippen molar-refractivity contribution in [3.8, 4) is 0 Å². The molecule has 0 spiro atoms. The van der Waals surface area contributed by atoms with Gasteiger partial charge in [-0.3, -0.25) is 9.59 Å². The summed E-state index contributed by atoms with van der Waals surface area (Å²) in [6, 6.07) is 0. The molecule has 0 heterocycles. The minimum Gasteiger partial charge on any atom is -0.481 e. The molecule has 3 N–H and O–H groups in total. The standard InChI is InChI=1S/C12H21NO4/c1-11(2,7-10(16)17)6-9(15)13-12(8-14)4-3-5-12/h14H,3-8H2,1-2H3,(H,13,15)(H,16,17). The van der Waals surface area contributed by atoms with Gasteiger partial charge < -0.3 is 15.5 Å². The number of carboxylic acids is 1. The highest BCUT2D eigenvalue weighted by Crippen LogP contribution is 2.32. The molecule has 17 heavy (non-hydrogen) atoms. The van der Waals surface area contributed by atoms with Gasteiger partial charge in [-0.25, -0.2) is 0 Å². The van der Waals surface area contributed by atoms with Crippen LogP contribution in [0.1, 0.15) is 46.0 Å². The van der Waals surface area contributed by atoms with Crippen molar-refractivity contribution in [3.05, 3.63) is 0 Å². The molecule has 5 heteroatoms. The van der Waals surface area contributed by atoms with Gasteiger partial charge in [-0.05, 0) is 24.7 Å². The van der Waals surface area contributed by atoms with Gasteiger partial charge in [0.25, 0.3) is 0 Å². The van der Waals surface area contributed by atoms with Crippen LogP contribution in [0.4, 0.5) is 0 Å². The predicted octanol–water partition coefficient (Wildman–Crippen LogP) is 0.909. The van der Waals surface area contributed by atoms with Crippen molar-refractivity contribution in [2.75, 3.05) is 6.61 Å². The highest BCUT2D eigenvalue weighted by Gasteiger charge is 2.38. The van der Waals surface area contributed by atoms with Crippen LogP contribution in [0, 0.1) is 5.41 Å². The van der Waals surface area contributed by atoms with Gasteiger partial charge in [-0.15, -0.1) is 0 Å². The Hall–Kier alpha value is -1.10. The lowest BCUT2D eigenvalue weighted by Gasteiger charge is -2.41. The molecular formula is C12H21NO4. The zero-order valence-electron chi connectivity index (χ0n) is 10.5. The van der Waals surface area contributed by atoms with Crippen molar-refractivity contribution in [2.45, 2.75) is 51.5 Å². The average molecular weight is 243 g/mol. The van der Waals surface area contributed by atoms with E-state index >= 15 is 0 Å². The topological polar surface area (TPSA) is 86.6 Å². The van der Waals surface area contributed by atoms with Gasteiger partial charge in [-0.2, -0.15) is 0 Å². The Kier molecular flexibility index (Phi) is 4.14. The zero-order valence-corrected chi connectivity index (χ0v) is 10.5. The van der Waals surface area contributed by atoms with E-state index in [1.54, 1.807) is 13.8 Å². The monoisotopic (exact) mass is 243 g/mol. The first kappa shape index (κ1) is 14.0. The number of nitrogens with one attached hydrogen (secondary N) is 1. The van der Waals surface area contributed by atoms with Crippen molar-refractivity contribution >= 4 is 11.9 Å². The first-order valence-corrected chi connectivity index (χ1v) is 5.92.